The summed E-state index contributed by atoms with van der Waals surface area (Å²) in [5.74, 6) is 0.0816. The van der Waals surface area contributed by atoms with E-state index in [-0.39, 0.29) is 5.91 Å². The van der Waals surface area contributed by atoms with Crippen LogP contribution in [-0.2, 0) is 0 Å². The molecule has 1 aliphatic rings. The summed E-state index contributed by atoms with van der Waals surface area (Å²) >= 11 is 0. The van der Waals surface area contributed by atoms with E-state index in [1.165, 1.54) is 0 Å². The average Bonchev–Trinajstić information content (AvgIpc) is 2.98. The minimum absolute atomic E-state index is 0.0816. The molecule has 17 heavy (non-hydrogen) atoms. The van der Waals surface area contributed by atoms with Gasteiger partial charge in [-0.25, -0.2) is 0 Å². The van der Waals surface area contributed by atoms with E-state index < -0.39 is 0 Å². The lowest BCUT2D eigenvalue weighted by Crippen LogP contribution is -2.27. The van der Waals surface area contributed by atoms with Gasteiger partial charge in [-0.1, -0.05) is 12.1 Å². The summed E-state index contributed by atoms with van der Waals surface area (Å²) in [4.78, 5) is 17.2. The Morgan fingerprint density at radius 3 is 2.76 bits per heavy atom. The largest absolute Gasteiger partial charge is 0.397 e. The van der Waals surface area contributed by atoms with Gasteiger partial charge in [0.05, 0.1) is 11.2 Å². The third kappa shape index (κ3) is 1.65. The van der Waals surface area contributed by atoms with Crippen molar-refractivity contribution in [3.05, 3.63) is 30.0 Å². The summed E-state index contributed by atoms with van der Waals surface area (Å²) in [7, 11) is 0. The van der Waals surface area contributed by atoms with Gasteiger partial charge in [0.1, 0.15) is 5.69 Å². The molecular formula is C13H15N3O. The van der Waals surface area contributed by atoms with Crippen LogP contribution in [0.2, 0.25) is 0 Å². The number of carbonyl (C=O) groups is 1. The van der Waals surface area contributed by atoms with Crippen molar-refractivity contribution in [3.8, 4) is 0 Å². The van der Waals surface area contributed by atoms with Gasteiger partial charge in [-0.3, -0.25) is 4.79 Å². The van der Waals surface area contributed by atoms with Crippen molar-refractivity contribution in [3.63, 3.8) is 0 Å². The number of nitrogens with one attached hydrogen (secondary N) is 1. The molecule has 4 nitrogen and oxygen atoms in total. The summed E-state index contributed by atoms with van der Waals surface area (Å²) in [5.41, 5.74) is 8.05. The number of para-hydroxylation sites is 1. The molecule has 2 heterocycles. The number of likely N-dealkylation sites (tertiary alicyclic amines) is 1. The fourth-order valence-corrected chi connectivity index (χ4v) is 2.39. The Morgan fingerprint density at radius 2 is 2.06 bits per heavy atom. The summed E-state index contributed by atoms with van der Waals surface area (Å²) < 4.78 is 0. The Morgan fingerprint density at radius 1 is 1.29 bits per heavy atom. The smallest absolute Gasteiger partial charge is 0.270 e. The monoisotopic (exact) mass is 229 g/mol. The van der Waals surface area contributed by atoms with E-state index in [9.17, 15) is 4.79 Å². The number of hydrogen-bond donors (Lipinski definition) is 2. The number of aromatic amines is 1. The molecule has 4 heteroatoms. The Bertz CT molecular complexity index is 567. The molecule has 0 bridgehead atoms. The van der Waals surface area contributed by atoms with Crippen LogP contribution >= 0.6 is 0 Å². The van der Waals surface area contributed by atoms with Crippen molar-refractivity contribution in [2.75, 3.05) is 18.8 Å². The number of hydrogen-bond acceptors (Lipinski definition) is 2. The average molecular weight is 229 g/mol. The van der Waals surface area contributed by atoms with Crippen molar-refractivity contribution in [2.45, 2.75) is 12.8 Å². The molecule has 1 aliphatic heterocycles. The van der Waals surface area contributed by atoms with Crippen molar-refractivity contribution in [2.24, 2.45) is 0 Å². The lowest BCUT2D eigenvalue weighted by molar-refractivity contribution is 0.0788. The number of rotatable bonds is 1. The zero-order valence-electron chi connectivity index (χ0n) is 9.57. The van der Waals surface area contributed by atoms with Crippen LogP contribution < -0.4 is 5.73 Å². The molecule has 0 aliphatic carbocycles. The molecule has 0 atom stereocenters. The lowest BCUT2D eigenvalue weighted by atomic mass is 10.2. The van der Waals surface area contributed by atoms with Crippen LogP contribution in [0, 0.1) is 0 Å². The van der Waals surface area contributed by atoms with Gasteiger partial charge in [0.2, 0.25) is 0 Å². The number of nitrogens with zero attached hydrogens (tertiary/aromatic N) is 1. The Balaban J connectivity index is 2.00. The fourth-order valence-electron chi connectivity index (χ4n) is 2.39. The fraction of sp³-hybridized carbons (Fsp3) is 0.308. The first-order valence-electron chi connectivity index (χ1n) is 5.92. The zero-order valence-corrected chi connectivity index (χ0v) is 9.57. The maximum absolute atomic E-state index is 12.2. The SMILES string of the molecule is Nc1cccc2cc(C(=O)N3CCCC3)[nH]c12. The normalized spacial score (nSPS) is 15.6. The highest BCUT2D eigenvalue weighted by Gasteiger charge is 2.21. The Kier molecular flexibility index (Phi) is 2.28. The standard InChI is InChI=1S/C13H15N3O/c14-10-5-3-4-9-8-11(15-12(9)10)13(17)16-6-1-2-7-16/h3-5,8,15H,1-2,6-7,14H2. The number of nitrogens with two attached hydrogens (primary N) is 1. The lowest BCUT2D eigenvalue weighted by Gasteiger charge is -2.13. The molecule has 0 spiro atoms. The number of anilines is 1. The van der Waals surface area contributed by atoms with E-state index in [1.807, 2.05) is 29.2 Å². The van der Waals surface area contributed by atoms with Gasteiger partial charge >= 0.3 is 0 Å². The molecule has 1 aromatic heterocycles. The molecule has 1 aromatic carbocycles. The Labute approximate surface area is 99.4 Å². The van der Waals surface area contributed by atoms with E-state index in [0.29, 0.717) is 11.4 Å². The van der Waals surface area contributed by atoms with Gasteiger partial charge in [0.15, 0.2) is 0 Å². The molecule has 1 amide bonds. The predicted octanol–water partition coefficient (Wildman–Crippen LogP) is 1.99. The number of amides is 1. The molecule has 1 fully saturated rings. The van der Waals surface area contributed by atoms with Crippen LogP contribution in [0.5, 0.6) is 0 Å². The molecule has 88 valence electrons. The van der Waals surface area contributed by atoms with Crippen LogP contribution in [0.1, 0.15) is 23.3 Å². The van der Waals surface area contributed by atoms with E-state index >= 15 is 0 Å². The first-order chi connectivity index (χ1) is 8.25. The topological polar surface area (TPSA) is 62.1 Å². The van der Waals surface area contributed by atoms with Crippen LogP contribution in [0.25, 0.3) is 10.9 Å². The van der Waals surface area contributed by atoms with E-state index in [4.69, 9.17) is 5.73 Å². The summed E-state index contributed by atoms with van der Waals surface area (Å²) in [6, 6.07) is 7.58. The third-order valence-corrected chi connectivity index (χ3v) is 3.31. The van der Waals surface area contributed by atoms with E-state index in [0.717, 1.165) is 36.8 Å². The highest BCUT2D eigenvalue weighted by atomic mass is 16.2. The van der Waals surface area contributed by atoms with Crippen LogP contribution in [0.4, 0.5) is 5.69 Å². The van der Waals surface area contributed by atoms with Gasteiger partial charge < -0.3 is 15.6 Å². The number of H-pyrrole nitrogens is 1. The van der Waals surface area contributed by atoms with Crippen LogP contribution in [0.15, 0.2) is 24.3 Å². The van der Waals surface area contributed by atoms with Crippen LogP contribution in [-0.4, -0.2) is 28.9 Å². The number of aromatic nitrogens is 1. The molecule has 3 N–H and O–H groups in total. The number of carbonyl (C=O) groups excluding carboxylic acids is 1. The minimum Gasteiger partial charge on any atom is -0.397 e. The maximum Gasteiger partial charge on any atom is 0.270 e. The van der Waals surface area contributed by atoms with Gasteiger partial charge in [-0.05, 0) is 25.0 Å². The van der Waals surface area contributed by atoms with Gasteiger partial charge in [0.25, 0.3) is 5.91 Å². The zero-order chi connectivity index (χ0) is 11.8. The second kappa shape index (κ2) is 3.80. The van der Waals surface area contributed by atoms with Crippen LogP contribution in [0.3, 0.4) is 0 Å². The second-order valence-electron chi connectivity index (χ2n) is 4.49. The number of nitrogen functional groups attached to an aromatic ring is 1. The molecule has 0 unspecified atom stereocenters. The Hall–Kier alpha value is -1.97. The second-order valence-corrected chi connectivity index (χ2v) is 4.49. The third-order valence-electron chi connectivity index (χ3n) is 3.31. The van der Waals surface area contributed by atoms with Gasteiger partial charge in [0, 0.05) is 18.5 Å². The quantitative estimate of drug-likeness (QED) is 0.734. The van der Waals surface area contributed by atoms with Crippen molar-refractivity contribution in [1.82, 2.24) is 9.88 Å². The van der Waals surface area contributed by atoms with E-state index in [1.54, 1.807) is 0 Å². The van der Waals surface area contributed by atoms with Crippen molar-refractivity contribution >= 4 is 22.5 Å². The first-order valence-corrected chi connectivity index (χ1v) is 5.92. The van der Waals surface area contributed by atoms with Gasteiger partial charge in [-0.2, -0.15) is 0 Å². The van der Waals surface area contributed by atoms with Gasteiger partial charge in [-0.15, -0.1) is 0 Å². The number of fused-ring (bicyclic) bond motifs is 1. The summed E-state index contributed by atoms with van der Waals surface area (Å²) in [6.07, 6.45) is 2.21. The molecule has 0 saturated carbocycles. The minimum atomic E-state index is 0.0816. The van der Waals surface area contributed by atoms with Crippen molar-refractivity contribution < 1.29 is 4.79 Å². The molecule has 1 saturated heterocycles. The molecule has 0 radical (unpaired) electrons. The predicted molar refractivity (Wildman–Crippen MR) is 67.8 cm³/mol. The summed E-state index contributed by atoms with van der Waals surface area (Å²) in [5, 5.41) is 0.993. The molecule has 3 rings (SSSR count). The first kappa shape index (κ1) is 10.2. The molecular weight excluding hydrogens is 214 g/mol. The highest BCUT2D eigenvalue weighted by molar-refractivity contribution is 6.00. The highest BCUT2D eigenvalue weighted by Crippen LogP contribution is 2.22. The summed E-state index contributed by atoms with van der Waals surface area (Å²) in [6.45, 7) is 1.73. The van der Waals surface area contributed by atoms with E-state index in [2.05, 4.69) is 4.98 Å². The maximum atomic E-state index is 12.2. The number of benzene rings is 1. The molecule has 2 aromatic rings. The van der Waals surface area contributed by atoms with Crippen molar-refractivity contribution in [1.29, 1.82) is 0 Å².